The van der Waals surface area contributed by atoms with Crippen LogP contribution in [0, 0.1) is 0 Å². The fourth-order valence-electron chi connectivity index (χ4n) is 1.94. The summed E-state index contributed by atoms with van der Waals surface area (Å²) in [4.78, 5) is 4.09. The van der Waals surface area contributed by atoms with Crippen molar-refractivity contribution < 1.29 is 13.2 Å². The molecule has 1 aliphatic rings. The molecule has 0 aromatic carbocycles. The summed E-state index contributed by atoms with van der Waals surface area (Å²) in [7, 11) is -3.52. The number of nitrogen functional groups attached to an aromatic ring is 1. The largest absolute Gasteiger partial charge is 0.377 e. The summed E-state index contributed by atoms with van der Waals surface area (Å²) in [6.07, 6.45) is 1.90. The molecule has 1 saturated heterocycles. The van der Waals surface area contributed by atoms with Gasteiger partial charge >= 0.3 is 0 Å². The number of pyridine rings is 1. The number of ether oxygens (including phenoxy) is 1. The highest BCUT2D eigenvalue weighted by atomic mass is 32.2. The van der Waals surface area contributed by atoms with Crippen molar-refractivity contribution in [3.05, 3.63) is 18.3 Å². The van der Waals surface area contributed by atoms with Crippen molar-refractivity contribution in [2.45, 2.75) is 24.3 Å². The molecule has 8 heteroatoms. The molecule has 0 aliphatic carbocycles. The molecule has 1 aromatic rings. The van der Waals surface area contributed by atoms with Crippen molar-refractivity contribution in [2.24, 2.45) is 5.84 Å². The second-order valence-electron chi connectivity index (χ2n) is 4.42. The normalized spacial score (nSPS) is 21.9. The van der Waals surface area contributed by atoms with E-state index in [0.29, 0.717) is 31.9 Å². The summed E-state index contributed by atoms with van der Waals surface area (Å²) < 4.78 is 31.8. The third-order valence-corrected chi connectivity index (χ3v) is 4.79. The Bertz CT molecular complexity index is 517. The number of hydrogen-bond donors (Lipinski definition) is 2. The van der Waals surface area contributed by atoms with E-state index in [2.05, 4.69) is 10.4 Å². The van der Waals surface area contributed by atoms with Gasteiger partial charge in [-0.15, -0.1) is 0 Å². The molecule has 2 heterocycles. The molecule has 1 aromatic heterocycles. The van der Waals surface area contributed by atoms with Crippen LogP contribution in [-0.2, 0) is 14.8 Å². The third-order valence-electron chi connectivity index (χ3n) is 2.94. The van der Waals surface area contributed by atoms with Gasteiger partial charge in [0.15, 0.2) is 0 Å². The Kier molecular flexibility index (Phi) is 4.35. The molecule has 1 atom stereocenters. The zero-order chi connectivity index (χ0) is 13.9. The van der Waals surface area contributed by atoms with E-state index in [1.807, 2.05) is 6.92 Å². The van der Waals surface area contributed by atoms with Gasteiger partial charge in [-0.05, 0) is 25.5 Å². The Balaban J connectivity index is 2.24. The SMILES string of the molecule is CC1CN(S(=O)(=O)c2ccc(NN)nc2)CCCO1. The first kappa shape index (κ1) is 14.2. The van der Waals surface area contributed by atoms with Gasteiger partial charge < -0.3 is 10.2 Å². The maximum absolute atomic E-state index is 12.5. The molecule has 3 N–H and O–H groups in total. The van der Waals surface area contributed by atoms with E-state index < -0.39 is 10.0 Å². The van der Waals surface area contributed by atoms with Crippen LogP contribution in [-0.4, -0.2) is 43.5 Å². The summed E-state index contributed by atoms with van der Waals surface area (Å²) in [5.74, 6) is 5.62. The number of hydrogen-bond acceptors (Lipinski definition) is 6. The van der Waals surface area contributed by atoms with Crippen LogP contribution in [0.4, 0.5) is 5.82 Å². The number of hydrazine groups is 1. The van der Waals surface area contributed by atoms with Gasteiger partial charge in [0, 0.05) is 25.9 Å². The number of sulfonamides is 1. The summed E-state index contributed by atoms with van der Waals surface area (Å²) in [5.41, 5.74) is 2.36. The lowest BCUT2D eigenvalue weighted by atomic mass is 10.4. The fourth-order valence-corrected chi connectivity index (χ4v) is 3.44. The van der Waals surface area contributed by atoms with Crippen molar-refractivity contribution in [1.29, 1.82) is 0 Å². The maximum atomic E-state index is 12.5. The first-order chi connectivity index (χ1) is 9.04. The Hall–Kier alpha value is -1.22. The van der Waals surface area contributed by atoms with E-state index in [1.165, 1.54) is 22.6 Å². The highest BCUT2D eigenvalue weighted by Gasteiger charge is 2.28. The number of aromatic nitrogens is 1. The molecule has 0 bridgehead atoms. The molecule has 7 nitrogen and oxygen atoms in total. The fraction of sp³-hybridized carbons (Fsp3) is 0.545. The van der Waals surface area contributed by atoms with Crippen molar-refractivity contribution in [2.75, 3.05) is 25.1 Å². The Labute approximate surface area is 112 Å². The second kappa shape index (κ2) is 5.83. The summed E-state index contributed by atoms with van der Waals surface area (Å²) >= 11 is 0. The molecule has 1 aliphatic heterocycles. The van der Waals surface area contributed by atoms with E-state index in [9.17, 15) is 8.42 Å². The van der Waals surface area contributed by atoms with Crippen LogP contribution in [0.1, 0.15) is 13.3 Å². The van der Waals surface area contributed by atoms with Gasteiger partial charge in [0.2, 0.25) is 10.0 Å². The molecule has 106 valence electrons. The summed E-state index contributed by atoms with van der Waals surface area (Å²) in [5, 5.41) is 0. The van der Waals surface area contributed by atoms with E-state index in [0.717, 1.165) is 0 Å². The zero-order valence-electron chi connectivity index (χ0n) is 10.7. The smallest absolute Gasteiger partial charge is 0.244 e. The number of nitrogens with two attached hydrogens (primary N) is 1. The summed E-state index contributed by atoms with van der Waals surface area (Å²) in [6, 6.07) is 3.03. The van der Waals surface area contributed by atoms with Crippen molar-refractivity contribution in [3.8, 4) is 0 Å². The van der Waals surface area contributed by atoms with Gasteiger partial charge in [0.05, 0.1) is 6.10 Å². The quantitative estimate of drug-likeness (QED) is 0.607. The van der Waals surface area contributed by atoms with Crippen LogP contribution < -0.4 is 11.3 Å². The van der Waals surface area contributed by atoms with Gasteiger partial charge in [0.1, 0.15) is 10.7 Å². The minimum atomic E-state index is -3.52. The molecule has 1 unspecified atom stereocenters. The van der Waals surface area contributed by atoms with E-state index in [1.54, 1.807) is 0 Å². The molecule has 0 radical (unpaired) electrons. The standard InChI is InChI=1S/C11H18N4O3S/c1-9-8-15(5-2-6-18-9)19(16,17)10-3-4-11(14-12)13-7-10/h3-4,7,9H,2,5-6,8,12H2,1H3,(H,13,14). The average Bonchev–Trinajstić information content (AvgIpc) is 2.64. The monoisotopic (exact) mass is 286 g/mol. The Morgan fingerprint density at radius 3 is 2.95 bits per heavy atom. The van der Waals surface area contributed by atoms with Gasteiger partial charge in [-0.25, -0.2) is 19.2 Å². The lowest BCUT2D eigenvalue weighted by Crippen LogP contribution is -2.36. The Morgan fingerprint density at radius 2 is 2.32 bits per heavy atom. The van der Waals surface area contributed by atoms with Gasteiger partial charge in [0.25, 0.3) is 0 Å². The second-order valence-corrected chi connectivity index (χ2v) is 6.36. The Morgan fingerprint density at radius 1 is 1.53 bits per heavy atom. The lowest BCUT2D eigenvalue weighted by molar-refractivity contribution is 0.0752. The highest BCUT2D eigenvalue weighted by molar-refractivity contribution is 7.89. The molecule has 0 amide bonds. The van der Waals surface area contributed by atoms with Crippen LogP contribution in [0.5, 0.6) is 0 Å². The molecule has 1 fully saturated rings. The molecule has 0 spiro atoms. The van der Waals surface area contributed by atoms with Gasteiger partial charge in [-0.2, -0.15) is 4.31 Å². The van der Waals surface area contributed by atoms with Crippen molar-refractivity contribution in [3.63, 3.8) is 0 Å². The molecular weight excluding hydrogens is 268 g/mol. The van der Waals surface area contributed by atoms with Gasteiger partial charge in [-0.3, -0.25) is 0 Å². The van der Waals surface area contributed by atoms with E-state index in [4.69, 9.17) is 10.6 Å². The van der Waals surface area contributed by atoms with E-state index >= 15 is 0 Å². The predicted octanol–water partition coefficient (Wildman–Crippen LogP) is 0.167. The van der Waals surface area contributed by atoms with Crippen LogP contribution in [0.3, 0.4) is 0 Å². The van der Waals surface area contributed by atoms with Crippen LogP contribution in [0.25, 0.3) is 0 Å². The number of anilines is 1. The van der Waals surface area contributed by atoms with E-state index in [-0.39, 0.29) is 11.0 Å². The van der Waals surface area contributed by atoms with Gasteiger partial charge in [-0.1, -0.05) is 0 Å². The van der Waals surface area contributed by atoms with Crippen molar-refractivity contribution in [1.82, 2.24) is 9.29 Å². The maximum Gasteiger partial charge on any atom is 0.244 e. The minimum absolute atomic E-state index is 0.102. The zero-order valence-corrected chi connectivity index (χ0v) is 11.6. The van der Waals surface area contributed by atoms with Crippen LogP contribution in [0.2, 0.25) is 0 Å². The lowest BCUT2D eigenvalue weighted by Gasteiger charge is -2.21. The molecule has 2 rings (SSSR count). The average molecular weight is 286 g/mol. The number of nitrogens with zero attached hydrogens (tertiary/aromatic N) is 2. The van der Waals surface area contributed by atoms with Crippen LogP contribution >= 0.6 is 0 Å². The number of nitrogens with one attached hydrogen (secondary N) is 1. The first-order valence-corrected chi connectivity index (χ1v) is 7.52. The minimum Gasteiger partial charge on any atom is -0.377 e. The predicted molar refractivity (Wildman–Crippen MR) is 70.8 cm³/mol. The van der Waals surface area contributed by atoms with Crippen LogP contribution in [0.15, 0.2) is 23.2 Å². The molecule has 19 heavy (non-hydrogen) atoms. The summed E-state index contributed by atoms with van der Waals surface area (Å²) in [6.45, 7) is 3.28. The van der Waals surface area contributed by atoms with Crippen molar-refractivity contribution >= 4 is 15.8 Å². The highest BCUT2D eigenvalue weighted by Crippen LogP contribution is 2.19. The topological polar surface area (TPSA) is 97.6 Å². The molecular formula is C11H18N4O3S. The number of rotatable bonds is 3. The third kappa shape index (κ3) is 3.21. The molecule has 0 saturated carbocycles. The first-order valence-electron chi connectivity index (χ1n) is 6.08.